The standard InChI is InChI=1S/C17H15N3O3S/c1-11(2)19-17(21)13(10-18)9-15-7-8-16(24-15)12-3-5-14(6-4-12)20(22)23/h3-9,11H,1-2H3,(H,19,21). The zero-order chi connectivity index (χ0) is 17.7. The summed E-state index contributed by atoms with van der Waals surface area (Å²) in [6, 6.07) is 11.8. The molecule has 0 aliphatic rings. The molecule has 0 saturated heterocycles. The first-order valence-electron chi connectivity index (χ1n) is 7.18. The summed E-state index contributed by atoms with van der Waals surface area (Å²) in [5.74, 6) is -0.405. The van der Waals surface area contributed by atoms with Crippen molar-refractivity contribution in [3.05, 3.63) is 57.0 Å². The lowest BCUT2D eigenvalue weighted by Crippen LogP contribution is -2.30. The van der Waals surface area contributed by atoms with Crippen LogP contribution in [0.2, 0.25) is 0 Å². The Morgan fingerprint density at radius 3 is 2.50 bits per heavy atom. The fraction of sp³-hybridized carbons (Fsp3) is 0.176. The van der Waals surface area contributed by atoms with Gasteiger partial charge in [-0.05, 0) is 49.8 Å². The Morgan fingerprint density at radius 1 is 1.29 bits per heavy atom. The van der Waals surface area contributed by atoms with Crippen molar-refractivity contribution in [2.75, 3.05) is 0 Å². The first-order chi connectivity index (χ1) is 11.4. The number of hydrogen-bond donors (Lipinski definition) is 1. The summed E-state index contributed by atoms with van der Waals surface area (Å²) in [5, 5.41) is 22.5. The van der Waals surface area contributed by atoms with E-state index in [0.29, 0.717) is 0 Å². The summed E-state index contributed by atoms with van der Waals surface area (Å²) in [7, 11) is 0. The van der Waals surface area contributed by atoms with Gasteiger partial charge in [-0.3, -0.25) is 14.9 Å². The molecular formula is C17H15N3O3S. The van der Waals surface area contributed by atoms with Crippen LogP contribution in [0.1, 0.15) is 18.7 Å². The topological polar surface area (TPSA) is 96.0 Å². The molecule has 2 rings (SSSR count). The molecule has 0 spiro atoms. The molecule has 1 heterocycles. The maximum Gasteiger partial charge on any atom is 0.269 e. The van der Waals surface area contributed by atoms with Gasteiger partial charge in [-0.2, -0.15) is 5.26 Å². The van der Waals surface area contributed by atoms with Crippen LogP contribution in [-0.2, 0) is 4.79 Å². The number of amides is 1. The van der Waals surface area contributed by atoms with Gasteiger partial charge >= 0.3 is 0 Å². The molecule has 0 fully saturated rings. The molecule has 1 aromatic heterocycles. The maximum absolute atomic E-state index is 11.9. The summed E-state index contributed by atoms with van der Waals surface area (Å²) in [4.78, 5) is 23.8. The lowest BCUT2D eigenvalue weighted by atomic mass is 10.2. The predicted octanol–water partition coefficient (Wildman–Crippen LogP) is 3.75. The molecule has 1 N–H and O–H groups in total. The van der Waals surface area contributed by atoms with Crippen LogP contribution in [0.25, 0.3) is 16.5 Å². The van der Waals surface area contributed by atoms with Gasteiger partial charge in [0.1, 0.15) is 11.6 Å². The second-order valence-electron chi connectivity index (χ2n) is 5.30. The van der Waals surface area contributed by atoms with E-state index in [0.717, 1.165) is 15.3 Å². The molecule has 7 heteroatoms. The molecule has 0 bridgehead atoms. The van der Waals surface area contributed by atoms with E-state index in [1.807, 2.05) is 26.0 Å². The van der Waals surface area contributed by atoms with Crippen molar-refractivity contribution in [1.29, 1.82) is 5.26 Å². The summed E-state index contributed by atoms with van der Waals surface area (Å²) in [6.07, 6.45) is 1.54. The molecule has 0 aliphatic heterocycles. The molecule has 1 amide bonds. The fourth-order valence-electron chi connectivity index (χ4n) is 1.96. The number of nitriles is 1. The number of non-ortho nitro benzene ring substituents is 1. The summed E-state index contributed by atoms with van der Waals surface area (Å²) in [5.41, 5.74) is 0.920. The highest BCUT2D eigenvalue weighted by molar-refractivity contribution is 7.16. The lowest BCUT2D eigenvalue weighted by molar-refractivity contribution is -0.384. The second kappa shape index (κ2) is 7.53. The van der Waals surface area contributed by atoms with Crippen molar-refractivity contribution in [1.82, 2.24) is 5.32 Å². The minimum atomic E-state index is -0.446. The van der Waals surface area contributed by atoms with Crippen molar-refractivity contribution in [2.24, 2.45) is 0 Å². The molecule has 122 valence electrons. The van der Waals surface area contributed by atoms with E-state index < -0.39 is 10.8 Å². The zero-order valence-corrected chi connectivity index (χ0v) is 14.0. The molecule has 1 aromatic carbocycles. The van der Waals surface area contributed by atoms with Gasteiger partial charge in [-0.15, -0.1) is 11.3 Å². The highest BCUT2D eigenvalue weighted by atomic mass is 32.1. The minimum Gasteiger partial charge on any atom is -0.349 e. The van der Waals surface area contributed by atoms with Crippen molar-refractivity contribution in [3.63, 3.8) is 0 Å². The normalized spacial score (nSPS) is 11.2. The van der Waals surface area contributed by atoms with Gasteiger partial charge in [0.2, 0.25) is 0 Å². The number of hydrogen-bond acceptors (Lipinski definition) is 5. The first-order valence-corrected chi connectivity index (χ1v) is 7.99. The van der Waals surface area contributed by atoms with Crippen LogP contribution in [0, 0.1) is 21.4 Å². The third kappa shape index (κ3) is 4.27. The number of nitrogens with zero attached hydrogens (tertiary/aromatic N) is 2. The molecule has 2 aromatic rings. The minimum absolute atomic E-state index is 0.0348. The molecule has 0 saturated carbocycles. The van der Waals surface area contributed by atoms with E-state index in [1.54, 1.807) is 18.2 Å². The second-order valence-corrected chi connectivity index (χ2v) is 6.42. The van der Waals surface area contributed by atoms with E-state index in [4.69, 9.17) is 5.26 Å². The molecular weight excluding hydrogens is 326 g/mol. The fourth-order valence-corrected chi connectivity index (χ4v) is 2.92. The van der Waals surface area contributed by atoms with E-state index in [2.05, 4.69) is 5.32 Å². The molecule has 24 heavy (non-hydrogen) atoms. The maximum atomic E-state index is 11.9. The van der Waals surface area contributed by atoms with Crippen LogP contribution < -0.4 is 5.32 Å². The number of rotatable bonds is 5. The van der Waals surface area contributed by atoms with E-state index in [1.165, 1.54) is 29.5 Å². The van der Waals surface area contributed by atoms with Gasteiger partial charge in [0, 0.05) is 27.9 Å². The van der Waals surface area contributed by atoms with Gasteiger partial charge in [0.25, 0.3) is 11.6 Å². The highest BCUT2D eigenvalue weighted by Gasteiger charge is 2.11. The first kappa shape index (κ1) is 17.4. The number of thiophene rings is 1. The molecule has 0 unspecified atom stereocenters. The molecule has 6 nitrogen and oxygen atoms in total. The number of nitrogens with one attached hydrogen (secondary N) is 1. The Morgan fingerprint density at radius 2 is 1.96 bits per heavy atom. The number of nitro benzene ring substituents is 1. The Labute approximate surface area is 143 Å². The monoisotopic (exact) mass is 341 g/mol. The van der Waals surface area contributed by atoms with Crippen LogP contribution in [0.5, 0.6) is 0 Å². The van der Waals surface area contributed by atoms with Gasteiger partial charge < -0.3 is 5.32 Å². The number of carbonyl (C=O) groups excluding carboxylic acids is 1. The van der Waals surface area contributed by atoms with Crippen LogP contribution in [0.4, 0.5) is 5.69 Å². The van der Waals surface area contributed by atoms with Crippen LogP contribution in [0.15, 0.2) is 42.0 Å². The van der Waals surface area contributed by atoms with E-state index in [9.17, 15) is 14.9 Å². The lowest BCUT2D eigenvalue weighted by Gasteiger charge is -2.06. The van der Waals surface area contributed by atoms with Crippen LogP contribution in [-0.4, -0.2) is 16.9 Å². The Hall–Kier alpha value is -2.98. The van der Waals surface area contributed by atoms with Crippen molar-refractivity contribution in [2.45, 2.75) is 19.9 Å². The average Bonchev–Trinajstić information content (AvgIpc) is 3.00. The highest BCUT2D eigenvalue weighted by Crippen LogP contribution is 2.30. The average molecular weight is 341 g/mol. The van der Waals surface area contributed by atoms with Crippen molar-refractivity contribution < 1.29 is 9.72 Å². The molecule has 0 atom stereocenters. The zero-order valence-electron chi connectivity index (χ0n) is 13.1. The van der Waals surface area contributed by atoms with Crippen molar-refractivity contribution in [3.8, 4) is 16.5 Å². The summed E-state index contributed by atoms with van der Waals surface area (Å²) in [6.45, 7) is 3.65. The quantitative estimate of drug-likeness (QED) is 0.387. The van der Waals surface area contributed by atoms with Crippen LogP contribution in [0.3, 0.4) is 0 Å². The Balaban J connectivity index is 2.23. The predicted molar refractivity (Wildman–Crippen MR) is 93.3 cm³/mol. The Kier molecular flexibility index (Phi) is 5.45. The number of nitro groups is 1. The smallest absolute Gasteiger partial charge is 0.269 e. The molecule has 0 aliphatic carbocycles. The molecule has 0 radical (unpaired) electrons. The van der Waals surface area contributed by atoms with E-state index in [-0.39, 0.29) is 17.3 Å². The largest absolute Gasteiger partial charge is 0.349 e. The van der Waals surface area contributed by atoms with Gasteiger partial charge in [-0.25, -0.2) is 0 Å². The number of benzene rings is 1. The summed E-state index contributed by atoms with van der Waals surface area (Å²) >= 11 is 1.40. The SMILES string of the molecule is CC(C)NC(=O)C(C#N)=Cc1ccc(-c2ccc([N+](=O)[O-])cc2)s1. The third-order valence-corrected chi connectivity index (χ3v) is 4.14. The van der Waals surface area contributed by atoms with Gasteiger partial charge in [0.05, 0.1) is 4.92 Å². The number of carbonyl (C=O) groups is 1. The van der Waals surface area contributed by atoms with E-state index >= 15 is 0 Å². The van der Waals surface area contributed by atoms with Crippen molar-refractivity contribution >= 4 is 29.0 Å². The third-order valence-electron chi connectivity index (χ3n) is 3.06. The van der Waals surface area contributed by atoms with Gasteiger partial charge in [-0.1, -0.05) is 0 Å². The van der Waals surface area contributed by atoms with Gasteiger partial charge in [0.15, 0.2) is 0 Å². The Bertz CT molecular complexity index is 830. The van der Waals surface area contributed by atoms with Crippen LogP contribution >= 0.6 is 11.3 Å². The summed E-state index contributed by atoms with van der Waals surface area (Å²) < 4.78 is 0.